The minimum Gasteiger partial charge on any atom is -0.496 e. The first-order valence-electron chi connectivity index (χ1n) is 5.80. The van der Waals surface area contributed by atoms with Crippen LogP contribution in [0.25, 0.3) is 0 Å². The number of likely N-dealkylation sites (tertiary alicyclic amines) is 1. The SMILES string of the molecule is COc1ccc(Cl)cc1C1(O)CCN(C)CC1. The largest absolute Gasteiger partial charge is 0.496 e. The molecule has 0 saturated carbocycles. The standard InChI is InChI=1S/C13H18ClNO2/c1-15-7-5-13(16,6-8-15)11-9-10(14)3-4-12(11)17-2/h3-4,9,16H,5-8H2,1-2H3. The molecule has 1 saturated heterocycles. The number of nitrogens with zero attached hydrogens (tertiary/aromatic N) is 1. The molecule has 0 unspecified atom stereocenters. The van der Waals surface area contributed by atoms with Crippen LogP contribution < -0.4 is 4.74 Å². The number of aliphatic hydroxyl groups is 1. The zero-order valence-electron chi connectivity index (χ0n) is 10.2. The number of rotatable bonds is 2. The van der Waals surface area contributed by atoms with Crippen LogP contribution >= 0.6 is 11.6 Å². The van der Waals surface area contributed by atoms with E-state index in [-0.39, 0.29) is 0 Å². The van der Waals surface area contributed by atoms with Crippen molar-refractivity contribution < 1.29 is 9.84 Å². The first-order chi connectivity index (χ1) is 8.05. The first kappa shape index (κ1) is 12.7. The molecule has 0 spiro atoms. The smallest absolute Gasteiger partial charge is 0.125 e. The number of hydrogen-bond acceptors (Lipinski definition) is 3. The Morgan fingerprint density at radius 3 is 2.59 bits per heavy atom. The number of ether oxygens (including phenoxy) is 1. The highest BCUT2D eigenvalue weighted by atomic mass is 35.5. The third-order valence-electron chi connectivity index (χ3n) is 3.48. The molecule has 94 valence electrons. The predicted octanol–water partition coefficient (Wildman–Crippen LogP) is 2.26. The van der Waals surface area contributed by atoms with Gasteiger partial charge in [0, 0.05) is 23.7 Å². The van der Waals surface area contributed by atoms with Crippen molar-refractivity contribution in [3.8, 4) is 5.75 Å². The Kier molecular flexibility index (Phi) is 3.61. The molecule has 2 rings (SSSR count). The van der Waals surface area contributed by atoms with Crippen LogP contribution in [0.3, 0.4) is 0 Å². The molecule has 1 aromatic rings. The second-order valence-corrected chi connectivity index (χ2v) is 5.12. The number of methoxy groups -OCH3 is 1. The molecule has 0 atom stereocenters. The lowest BCUT2D eigenvalue weighted by Crippen LogP contribution is -2.40. The Labute approximate surface area is 107 Å². The first-order valence-corrected chi connectivity index (χ1v) is 6.18. The van der Waals surface area contributed by atoms with Gasteiger partial charge in [-0.05, 0) is 38.1 Å². The summed E-state index contributed by atoms with van der Waals surface area (Å²) >= 11 is 6.01. The molecule has 0 radical (unpaired) electrons. The molecular formula is C13H18ClNO2. The molecule has 0 amide bonds. The van der Waals surface area contributed by atoms with Gasteiger partial charge in [0.25, 0.3) is 0 Å². The molecule has 0 aromatic heterocycles. The summed E-state index contributed by atoms with van der Waals surface area (Å²) in [5, 5.41) is 11.4. The fourth-order valence-electron chi connectivity index (χ4n) is 2.30. The van der Waals surface area contributed by atoms with Crippen LogP contribution in [-0.2, 0) is 5.60 Å². The molecule has 3 nitrogen and oxygen atoms in total. The summed E-state index contributed by atoms with van der Waals surface area (Å²) in [5.41, 5.74) is -0.0106. The van der Waals surface area contributed by atoms with Gasteiger partial charge in [0.15, 0.2) is 0 Å². The van der Waals surface area contributed by atoms with Gasteiger partial charge in [-0.1, -0.05) is 11.6 Å². The minimum atomic E-state index is -0.817. The van der Waals surface area contributed by atoms with Crippen LogP contribution in [0.15, 0.2) is 18.2 Å². The third kappa shape index (κ3) is 2.57. The van der Waals surface area contributed by atoms with Gasteiger partial charge in [-0.25, -0.2) is 0 Å². The molecule has 0 bridgehead atoms. The lowest BCUT2D eigenvalue weighted by atomic mass is 9.84. The number of benzene rings is 1. The summed E-state index contributed by atoms with van der Waals surface area (Å²) in [5.74, 6) is 0.710. The van der Waals surface area contributed by atoms with E-state index in [1.165, 1.54) is 0 Å². The Morgan fingerprint density at radius 1 is 1.35 bits per heavy atom. The van der Waals surface area contributed by atoms with Crippen molar-refractivity contribution in [2.24, 2.45) is 0 Å². The van der Waals surface area contributed by atoms with Crippen molar-refractivity contribution in [3.05, 3.63) is 28.8 Å². The summed E-state index contributed by atoms with van der Waals surface area (Å²) in [6.07, 6.45) is 1.42. The molecule has 4 heteroatoms. The number of hydrogen-bond donors (Lipinski definition) is 1. The summed E-state index contributed by atoms with van der Waals surface area (Å²) < 4.78 is 5.31. The Hall–Kier alpha value is -0.770. The van der Waals surface area contributed by atoms with E-state index in [0.29, 0.717) is 23.6 Å². The number of halogens is 1. The normalized spacial score (nSPS) is 20.2. The van der Waals surface area contributed by atoms with E-state index in [4.69, 9.17) is 16.3 Å². The molecule has 1 aromatic carbocycles. The van der Waals surface area contributed by atoms with E-state index in [1.54, 1.807) is 13.2 Å². The fourth-order valence-corrected chi connectivity index (χ4v) is 2.47. The quantitative estimate of drug-likeness (QED) is 0.880. The Bertz CT molecular complexity index is 400. The van der Waals surface area contributed by atoms with Gasteiger partial charge in [-0.2, -0.15) is 0 Å². The summed E-state index contributed by atoms with van der Waals surface area (Å²) in [7, 11) is 3.68. The zero-order chi connectivity index (χ0) is 12.5. The molecule has 1 aliphatic heterocycles. The van der Waals surface area contributed by atoms with Crippen molar-refractivity contribution >= 4 is 11.6 Å². The molecule has 1 N–H and O–H groups in total. The van der Waals surface area contributed by atoms with E-state index in [0.717, 1.165) is 18.7 Å². The second kappa shape index (κ2) is 4.84. The van der Waals surface area contributed by atoms with Gasteiger partial charge in [0.2, 0.25) is 0 Å². The van der Waals surface area contributed by atoms with Crippen molar-refractivity contribution in [1.29, 1.82) is 0 Å². The maximum absolute atomic E-state index is 10.7. The van der Waals surface area contributed by atoms with Crippen LogP contribution in [-0.4, -0.2) is 37.3 Å². The van der Waals surface area contributed by atoms with E-state index in [2.05, 4.69) is 11.9 Å². The van der Waals surface area contributed by atoms with Crippen molar-refractivity contribution in [1.82, 2.24) is 4.90 Å². The molecule has 1 heterocycles. The third-order valence-corrected chi connectivity index (χ3v) is 3.71. The van der Waals surface area contributed by atoms with Crippen LogP contribution in [0.5, 0.6) is 5.75 Å². The highest BCUT2D eigenvalue weighted by Crippen LogP contribution is 2.39. The van der Waals surface area contributed by atoms with Gasteiger partial charge in [0.05, 0.1) is 12.7 Å². The number of piperidine rings is 1. The van der Waals surface area contributed by atoms with Gasteiger partial charge >= 0.3 is 0 Å². The molecule has 0 aliphatic carbocycles. The van der Waals surface area contributed by atoms with Crippen LogP contribution in [0.2, 0.25) is 5.02 Å². The predicted molar refractivity (Wildman–Crippen MR) is 68.6 cm³/mol. The topological polar surface area (TPSA) is 32.7 Å². The summed E-state index contributed by atoms with van der Waals surface area (Å²) in [4.78, 5) is 2.21. The zero-order valence-corrected chi connectivity index (χ0v) is 11.0. The van der Waals surface area contributed by atoms with Gasteiger partial charge in [-0.3, -0.25) is 0 Å². The second-order valence-electron chi connectivity index (χ2n) is 4.68. The summed E-state index contributed by atoms with van der Waals surface area (Å²) in [6, 6.07) is 5.40. The van der Waals surface area contributed by atoms with E-state index in [9.17, 15) is 5.11 Å². The monoisotopic (exact) mass is 255 g/mol. The highest BCUT2D eigenvalue weighted by Gasteiger charge is 2.35. The van der Waals surface area contributed by atoms with Crippen molar-refractivity contribution in [2.45, 2.75) is 18.4 Å². The van der Waals surface area contributed by atoms with Crippen molar-refractivity contribution in [2.75, 3.05) is 27.2 Å². The van der Waals surface area contributed by atoms with E-state index >= 15 is 0 Å². The maximum Gasteiger partial charge on any atom is 0.125 e. The fraction of sp³-hybridized carbons (Fsp3) is 0.538. The van der Waals surface area contributed by atoms with Gasteiger partial charge in [-0.15, -0.1) is 0 Å². The lowest BCUT2D eigenvalue weighted by Gasteiger charge is -2.37. The van der Waals surface area contributed by atoms with Crippen LogP contribution in [0.1, 0.15) is 18.4 Å². The Balaban J connectivity index is 2.34. The Morgan fingerprint density at radius 2 is 2.00 bits per heavy atom. The van der Waals surface area contributed by atoms with Crippen LogP contribution in [0, 0.1) is 0 Å². The minimum absolute atomic E-state index is 0.633. The van der Waals surface area contributed by atoms with Crippen molar-refractivity contribution in [3.63, 3.8) is 0 Å². The maximum atomic E-state index is 10.7. The average molecular weight is 256 g/mol. The molecule has 1 aliphatic rings. The average Bonchev–Trinajstić information content (AvgIpc) is 2.33. The van der Waals surface area contributed by atoms with Gasteiger partial charge in [0.1, 0.15) is 5.75 Å². The van der Waals surface area contributed by atoms with Gasteiger partial charge < -0.3 is 14.7 Å². The molecule has 17 heavy (non-hydrogen) atoms. The van der Waals surface area contributed by atoms with E-state index < -0.39 is 5.60 Å². The summed E-state index contributed by atoms with van der Waals surface area (Å²) in [6.45, 7) is 1.76. The molecular weight excluding hydrogens is 238 g/mol. The van der Waals surface area contributed by atoms with Crippen LogP contribution in [0.4, 0.5) is 0 Å². The molecule has 1 fully saturated rings. The lowest BCUT2D eigenvalue weighted by molar-refractivity contribution is -0.0219. The van der Waals surface area contributed by atoms with E-state index in [1.807, 2.05) is 12.1 Å². The highest BCUT2D eigenvalue weighted by molar-refractivity contribution is 6.30.